The standard InChI is InChI=1S/C14H15ClN2O3/c1-8-14(15)10(17(2)16-8)6-11(18)9-3-4-12-13(5-9)20-7-19-12/h3-5,11,18H,6-7H2,1-2H3. The third kappa shape index (κ3) is 2.23. The summed E-state index contributed by atoms with van der Waals surface area (Å²) >= 11 is 6.20. The van der Waals surface area contributed by atoms with E-state index in [0.29, 0.717) is 22.9 Å². The maximum absolute atomic E-state index is 10.4. The molecule has 20 heavy (non-hydrogen) atoms. The number of benzene rings is 1. The Hall–Kier alpha value is -1.72. The summed E-state index contributed by atoms with van der Waals surface area (Å²) in [5.74, 6) is 1.36. The fourth-order valence-corrected chi connectivity index (χ4v) is 2.56. The molecule has 2 aromatic rings. The SMILES string of the molecule is Cc1nn(C)c(CC(O)c2ccc3c(c2)OCO3)c1Cl. The van der Waals surface area contributed by atoms with Gasteiger partial charge in [0.1, 0.15) is 0 Å². The first-order valence-electron chi connectivity index (χ1n) is 6.32. The van der Waals surface area contributed by atoms with Crippen LogP contribution in [0.15, 0.2) is 18.2 Å². The molecule has 1 aromatic carbocycles. The lowest BCUT2D eigenvalue weighted by Gasteiger charge is -2.12. The second kappa shape index (κ2) is 5.00. The van der Waals surface area contributed by atoms with Crippen molar-refractivity contribution in [3.8, 4) is 11.5 Å². The van der Waals surface area contributed by atoms with Crippen LogP contribution in [0.25, 0.3) is 0 Å². The highest BCUT2D eigenvalue weighted by Gasteiger charge is 2.20. The van der Waals surface area contributed by atoms with E-state index in [1.165, 1.54) is 0 Å². The van der Waals surface area contributed by atoms with E-state index >= 15 is 0 Å². The molecule has 0 aliphatic carbocycles. The highest BCUT2D eigenvalue weighted by atomic mass is 35.5. The lowest BCUT2D eigenvalue weighted by Crippen LogP contribution is -2.07. The molecule has 2 heterocycles. The highest BCUT2D eigenvalue weighted by Crippen LogP contribution is 2.35. The molecule has 1 atom stereocenters. The Morgan fingerprint density at radius 1 is 1.40 bits per heavy atom. The zero-order chi connectivity index (χ0) is 14.3. The number of fused-ring (bicyclic) bond motifs is 1. The van der Waals surface area contributed by atoms with Gasteiger partial charge in [-0.2, -0.15) is 5.10 Å². The monoisotopic (exact) mass is 294 g/mol. The van der Waals surface area contributed by atoms with Gasteiger partial charge < -0.3 is 14.6 Å². The van der Waals surface area contributed by atoms with Gasteiger partial charge in [-0.25, -0.2) is 0 Å². The summed E-state index contributed by atoms with van der Waals surface area (Å²) in [6.07, 6.45) is -0.271. The van der Waals surface area contributed by atoms with Crippen LogP contribution in [0.2, 0.25) is 5.02 Å². The fourth-order valence-electron chi connectivity index (χ4n) is 2.32. The molecule has 1 aromatic heterocycles. The lowest BCUT2D eigenvalue weighted by molar-refractivity contribution is 0.170. The van der Waals surface area contributed by atoms with Crippen molar-refractivity contribution in [3.63, 3.8) is 0 Å². The van der Waals surface area contributed by atoms with Crippen molar-refractivity contribution in [2.24, 2.45) is 7.05 Å². The average Bonchev–Trinajstić information content (AvgIpc) is 2.98. The zero-order valence-electron chi connectivity index (χ0n) is 11.3. The first-order valence-corrected chi connectivity index (χ1v) is 6.69. The van der Waals surface area contributed by atoms with Crippen molar-refractivity contribution in [2.45, 2.75) is 19.4 Å². The van der Waals surface area contributed by atoms with Crippen LogP contribution in [0.3, 0.4) is 0 Å². The largest absolute Gasteiger partial charge is 0.454 e. The molecule has 1 N–H and O–H groups in total. The van der Waals surface area contributed by atoms with Gasteiger partial charge in [0, 0.05) is 13.5 Å². The number of hydrogen-bond donors (Lipinski definition) is 1. The number of rotatable bonds is 3. The zero-order valence-corrected chi connectivity index (χ0v) is 12.0. The summed E-state index contributed by atoms with van der Waals surface area (Å²) in [4.78, 5) is 0. The molecule has 0 saturated carbocycles. The van der Waals surface area contributed by atoms with Crippen molar-refractivity contribution in [1.82, 2.24) is 9.78 Å². The first kappa shape index (κ1) is 13.3. The maximum atomic E-state index is 10.4. The number of aromatic nitrogens is 2. The number of hydrogen-bond acceptors (Lipinski definition) is 4. The van der Waals surface area contributed by atoms with Gasteiger partial charge in [-0.3, -0.25) is 4.68 Å². The molecule has 6 heteroatoms. The van der Waals surface area contributed by atoms with Gasteiger partial charge in [0.25, 0.3) is 0 Å². The maximum Gasteiger partial charge on any atom is 0.231 e. The van der Waals surface area contributed by atoms with E-state index in [9.17, 15) is 5.11 Å². The molecule has 1 unspecified atom stereocenters. The van der Waals surface area contributed by atoms with Crippen molar-refractivity contribution >= 4 is 11.6 Å². The van der Waals surface area contributed by atoms with E-state index in [-0.39, 0.29) is 6.79 Å². The Morgan fingerprint density at radius 3 is 2.85 bits per heavy atom. The summed E-state index contributed by atoms with van der Waals surface area (Å²) in [6.45, 7) is 2.07. The Bertz CT molecular complexity index is 654. The molecule has 0 amide bonds. The van der Waals surface area contributed by atoms with Crippen LogP contribution in [-0.4, -0.2) is 21.7 Å². The quantitative estimate of drug-likeness (QED) is 0.944. The molecule has 0 spiro atoms. The summed E-state index contributed by atoms with van der Waals surface area (Å²) in [5, 5.41) is 15.2. The van der Waals surface area contributed by atoms with E-state index in [4.69, 9.17) is 21.1 Å². The predicted molar refractivity (Wildman–Crippen MR) is 74.2 cm³/mol. The van der Waals surface area contributed by atoms with Gasteiger partial charge in [0.2, 0.25) is 6.79 Å². The number of nitrogens with zero attached hydrogens (tertiary/aromatic N) is 2. The summed E-state index contributed by atoms with van der Waals surface area (Å²) in [5.41, 5.74) is 2.35. The van der Waals surface area contributed by atoms with Crippen molar-refractivity contribution < 1.29 is 14.6 Å². The number of aryl methyl sites for hydroxylation is 2. The van der Waals surface area contributed by atoms with E-state index in [1.54, 1.807) is 16.8 Å². The molecule has 5 nitrogen and oxygen atoms in total. The Kier molecular flexibility index (Phi) is 3.31. The molecule has 106 valence electrons. The van der Waals surface area contributed by atoms with Crippen LogP contribution in [0.5, 0.6) is 11.5 Å². The summed E-state index contributed by atoms with van der Waals surface area (Å²) < 4.78 is 12.3. The molecule has 1 aliphatic rings. The number of ether oxygens (including phenoxy) is 2. The van der Waals surface area contributed by atoms with Gasteiger partial charge in [0.05, 0.1) is 22.5 Å². The second-order valence-corrected chi connectivity index (χ2v) is 5.18. The molecule has 0 fully saturated rings. The third-order valence-corrected chi connectivity index (χ3v) is 3.92. The minimum absolute atomic E-state index is 0.224. The molecule has 1 aliphatic heterocycles. The first-order chi connectivity index (χ1) is 9.56. The van der Waals surface area contributed by atoms with Gasteiger partial charge in [-0.1, -0.05) is 17.7 Å². The van der Waals surface area contributed by atoms with Crippen LogP contribution >= 0.6 is 11.6 Å². The van der Waals surface area contributed by atoms with Crippen LogP contribution in [0, 0.1) is 6.92 Å². The normalized spacial score (nSPS) is 14.6. The molecular formula is C14H15ClN2O3. The van der Waals surface area contributed by atoms with Crippen LogP contribution < -0.4 is 9.47 Å². The number of aliphatic hydroxyl groups excluding tert-OH is 1. The summed E-state index contributed by atoms with van der Waals surface area (Å²) in [6, 6.07) is 5.43. The van der Waals surface area contributed by atoms with Gasteiger partial charge >= 0.3 is 0 Å². The van der Waals surface area contributed by atoms with Crippen molar-refractivity contribution in [1.29, 1.82) is 0 Å². The van der Waals surface area contributed by atoms with E-state index in [1.807, 2.05) is 20.0 Å². The highest BCUT2D eigenvalue weighted by molar-refractivity contribution is 6.31. The predicted octanol–water partition coefficient (Wildman–Crippen LogP) is 2.39. The van der Waals surface area contributed by atoms with Gasteiger partial charge in [-0.15, -0.1) is 0 Å². The summed E-state index contributed by atoms with van der Waals surface area (Å²) in [7, 11) is 1.82. The molecule has 0 saturated heterocycles. The van der Waals surface area contributed by atoms with E-state index in [2.05, 4.69) is 5.10 Å². The van der Waals surface area contributed by atoms with E-state index in [0.717, 1.165) is 17.0 Å². The van der Waals surface area contributed by atoms with Crippen molar-refractivity contribution in [3.05, 3.63) is 40.2 Å². The van der Waals surface area contributed by atoms with Crippen LogP contribution in [0.1, 0.15) is 23.1 Å². The lowest BCUT2D eigenvalue weighted by atomic mass is 10.0. The minimum atomic E-state index is -0.670. The molecule has 0 bridgehead atoms. The number of halogens is 1. The number of aliphatic hydroxyl groups is 1. The van der Waals surface area contributed by atoms with Crippen LogP contribution in [-0.2, 0) is 13.5 Å². The Labute approximate surface area is 121 Å². The molecule has 0 radical (unpaired) electrons. The Morgan fingerprint density at radius 2 is 2.15 bits per heavy atom. The molecule has 3 rings (SSSR count). The second-order valence-electron chi connectivity index (χ2n) is 4.80. The third-order valence-electron chi connectivity index (χ3n) is 3.43. The topological polar surface area (TPSA) is 56.5 Å². The van der Waals surface area contributed by atoms with E-state index < -0.39 is 6.10 Å². The average molecular weight is 295 g/mol. The Balaban J connectivity index is 1.84. The van der Waals surface area contributed by atoms with Crippen molar-refractivity contribution in [2.75, 3.05) is 6.79 Å². The van der Waals surface area contributed by atoms with Gasteiger partial charge in [0.15, 0.2) is 11.5 Å². The van der Waals surface area contributed by atoms with Crippen LogP contribution in [0.4, 0.5) is 0 Å². The minimum Gasteiger partial charge on any atom is -0.454 e. The molecular weight excluding hydrogens is 280 g/mol. The van der Waals surface area contributed by atoms with Gasteiger partial charge in [-0.05, 0) is 24.6 Å². The smallest absolute Gasteiger partial charge is 0.231 e. The fraction of sp³-hybridized carbons (Fsp3) is 0.357.